The predicted molar refractivity (Wildman–Crippen MR) is 168 cm³/mol. The zero-order valence-electron chi connectivity index (χ0n) is 25.9. The maximum absolute atomic E-state index is 2.59. The predicted octanol–water partition coefficient (Wildman–Crippen LogP) is 14.1. The number of hydrogen-bond donors (Lipinski definition) is 0. The molecule has 217 valence electrons. The van der Waals surface area contributed by atoms with Crippen LogP contribution in [0.15, 0.2) is 0 Å². The SMILES string of the molecule is CCCCCCCCCCCCCCCCC[CH]CCCCCCCCCCCCCCCCCC. The largest absolute Gasteiger partial charge is 0.0654 e. The maximum Gasteiger partial charge on any atom is -0.0386 e. The quantitative estimate of drug-likeness (QED) is 0.0778. The third kappa shape index (κ3) is 34.0. The van der Waals surface area contributed by atoms with Crippen LogP contribution >= 0.6 is 0 Å². The minimum absolute atomic E-state index is 1.37. The van der Waals surface area contributed by atoms with E-state index < -0.39 is 0 Å². The molecule has 0 heterocycles. The summed E-state index contributed by atoms with van der Waals surface area (Å²) in [5.74, 6) is 0. The van der Waals surface area contributed by atoms with E-state index in [1.165, 1.54) is 212 Å². The molecule has 0 N–H and O–H groups in total. The molecule has 0 aromatic heterocycles. The van der Waals surface area contributed by atoms with Crippen molar-refractivity contribution in [3.8, 4) is 0 Å². The highest BCUT2D eigenvalue weighted by Crippen LogP contribution is 2.16. The molecule has 0 heteroatoms. The molecule has 0 spiro atoms. The lowest BCUT2D eigenvalue weighted by Gasteiger charge is -2.04. The second-order valence-corrected chi connectivity index (χ2v) is 12.1. The van der Waals surface area contributed by atoms with Crippen LogP contribution in [-0.4, -0.2) is 0 Å². The van der Waals surface area contributed by atoms with Gasteiger partial charge in [-0.2, -0.15) is 0 Å². The van der Waals surface area contributed by atoms with Gasteiger partial charge in [0.25, 0.3) is 0 Å². The van der Waals surface area contributed by atoms with E-state index in [0.29, 0.717) is 0 Å². The highest BCUT2D eigenvalue weighted by atomic mass is 14.0. The third-order valence-electron chi connectivity index (χ3n) is 8.27. The van der Waals surface area contributed by atoms with Crippen molar-refractivity contribution in [1.29, 1.82) is 0 Å². The van der Waals surface area contributed by atoms with Crippen molar-refractivity contribution in [2.75, 3.05) is 0 Å². The Bertz CT molecular complexity index is 312. The van der Waals surface area contributed by atoms with Crippen molar-refractivity contribution in [3.63, 3.8) is 0 Å². The van der Waals surface area contributed by atoms with Crippen molar-refractivity contribution in [2.24, 2.45) is 0 Å². The van der Waals surface area contributed by atoms with Crippen molar-refractivity contribution < 1.29 is 0 Å². The van der Waals surface area contributed by atoms with E-state index in [2.05, 4.69) is 20.3 Å². The molecular formula is C36H73. The Morgan fingerprint density at radius 2 is 0.389 bits per heavy atom. The number of rotatable bonds is 33. The molecule has 0 bridgehead atoms. The molecule has 0 unspecified atom stereocenters. The van der Waals surface area contributed by atoms with Gasteiger partial charge in [-0.05, 0) is 6.42 Å². The van der Waals surface area contributed by atoms with Crippen LogP contribution in [0.5, 0.6) is 0 Å². The van der Waals surface area contributed by atoms with E-state index >= 15 is 0 Å². The highest BCUT2D eigenvalue weighted by Gasteiger charge is 1.97. The first-order chi connectivity index (χ1) is 17.9. The Morgan fingerprint density at radius 1 is 0.222 bits per heavy atom. The zero-order valence-corrected chi connectivity index (χ0v) is 25.9. The molecule has 0 atom stereocenters. The van der Waals surface area contributed by atoms with E-state index in [1.807, 2.05) is 0 Å². The van der Waals surface area contributed by atoms with Gasteiger partial charge in [0.1, 0.15) is 0 Å². The molecular weight excluding hydrogens is 432 g/mol. The molecule has 0 saturated heterocycles. The first-order valence-electron chi connectivity index (χ1n) is 17.7. The second kappa shape index (κ2) is 35.0. The van der Waals surface area contributed by atoms with Gasteiger partial charge >= 0.3 is 0 Å². The van der Waals surface area contributed by atoms with Crippen molar-refractivity contribution >= 4 is 0 Å². The molecule has 0 aromatic carbocycles. The van der Waals surface area contributed by atoms with Gasteiger partial charge in [0.15, 0.2) is 0 Å². The van der Waals surface area contributed by atoms with Gasteiger partial charge in [0.2, 0.25) is 0 Å². The number of unbranched alkanes of at least 4 members (excludes halogenated alkanes) is 33. The summed E-state index contributed by atoms with van der Waals surface area (Å²) in [6.45, 7) is 4.61. The summed E-state index contributed by atoms with van der Waals surface area (Å²) in [5, 5.41) is 0. The minimum atomic E-state index is 1.37. The van der Waals surface area contributed by atoms with Gasteiger partial charge < -0.3 is 0 Å². The van der Waals surface area contributed by atoms with Crippen LogP contribution in [0.25, 0.3) is 0 Å². The summed E-state index contributed by atoms with van der Waals surface area (Å²) in [5.41, 5.74) is 0. The van der Waals surface area contributed by atoms with Crippen LogP contribution in [0.3, 0.4) is 0 Å². The molecule has 0 saturated carbocycles. The summed E-state index contributed by atoms with van der Waals surface area (Å²) >= 11 is 0. The number of hydrogen-bond acceptors (Lipinski definition) is 0. The van der Waals surface area contributed by atoms with Gasteiger partial charge in [0.05, 0.1) is 0 Å². The average molecular weight is 506 g/mol. The fourth-order valence-electron chi connectivity index (χ4n) is 5.64. The van der Waals surface area contributed by atoms with Crippen LogP contribution < -0.4 is 0 Å². The van der Waals surface area contributed by atoms with E-state index in [-0.39, 0.29) is 0 Å². The fourth-order valence-corrected chi connectivity index (χ4v) is 5.64. The van der Waals surface area contributed by atoms with Crippen LogP contribution in [0.2, 0.25) is 0 Å². The molecule has 1 radical (unpaired) electrons. The van der Waals surface area contributed by atoms with Gasteiger partial charge in [0, 0.05) is 0 Å². The van der Waals surface area contributed by atoms with Crippen LogP contribution in [-0.2, 0) is 0 Å². The lowest BCUT2D eigenvalue weighted by molar-refractivity contribution is 0.526. The van der Waals surface area contributed by atoms with Gasteiger partial charge in [-0.25, -0.2) is 0 Å². The Balaban J connectivity index is 3.00. The average Bonchev–Trinajstić information content (AvgIpc) is 2.89. The van der Waals surface area contributed by atoms with Crippen LogP contribution in [0, 0.1) is 6.42 Å². The normalized spacial score (nSPS) is 11.5. The molecule has 0 amide bonds. The van der Waals surface area contributed by atoms with Crippen LogP contribution in [0.1, 0.15) is 226 Å². The smallest absolute Gasteiger partial charge is 0.0386 e. The van der Waals surface area contributed by atoms with Crippen LogP contribution in [0.4, 0.5) is 0 Å². The van der Waals surface area contributed by atoms with Crippen molar-refractivity contribution in [2.45, 2.75) is 226 Å². The lowest BCUT2D eigenvalue weighted by atomic mass is 10.0. The summed E-state index contributed by atoms with van der Waals surface area (Å²) in [4.78, 5) is 0. The Labute approximate surface area is 232 Å². The Kier molecular flexibility index (Phi) is 35.0. The van der Waals surface area contributed by atoms with Gasteiger partial charge in [-0.3, -0.25) is 0 Å². The van der Waals surface area contributed by atoms with E-state index in [4.69, 9.17) is 0 Å². The van der Waals surface area contributed by atoms with E-state index in [0.717, 1.165) is 0 Å². The summed E-state index contributed by atoms with van der Waals surface area (Å²) in [6, 6.07) is 0. The Hall–Kier alpha value is 0. The topological polar surface area (TPSA) is 0 Å². The minimum Gasteiger partial charge on any atom is -0.0654 e. The molecule has 0 aliphatic heterocycles. The van der Waals surface area contributed by atoms with Gasteiger partial charge in [-0.1, -0.05) is 226 Å². The van der Waals surface area contributed by atoms with Gasteiger partial charge in [-0.15, -0.1) is 0 Å². The maximum atomic E-state index is 2.59. The molecule has 0 rings (SSSR count). The van der Waals surface area contributed by atoms with Crippen molar-refractivity contribution in [3.05, 3.63) is 6.42 Å². The fraction of sp³-hybridized carbons (Fsp3) is 0.972. The summed E-state index contributed by atoms with van der Waals surface area (Å²) < 4.78 is 0. The Morgan fingerprint density at radius 3 is 0.583 bits per heavy atom. The molecule has 0 aliphatic carbocycles. The summed E-state index contributed by atoms with van der Waals surface area (Å²) in [7, 11) is 0. The summed E-state index contributed by atoms with van der Waals surface area (Å²) in [6.07, 6.45) is 50.9. The molecule has 0 fully saturated rings. The molecule has 36 heavy (non-hydrogen) atoms. The monoisotopic (exact) mass is 506 g/mol. The van der Waals surface area contributed by atoms with Crippen molar-refractivity contribution in [1.82, 2.24) is 0 Å². The second-order valence-electron chi connectivity index (χ2n) is 12.1. The highest BCUT2D eigenvalue weighted by molar-refractivity contribution is 4.64. The first kappa shape index (κ1) is 36.0. The zero-order chi connectivity index (χ0) is 26.0. The molecule has 0 nitrogen and oxygen atoms in total. The first-order valence-corrected chi connectivity index (χ1v) is 17.7. The lowest BCUT2D eigenvalue weighted by Crippen LogP contribution is -1.85. The standard InChI is InChI=1S/C36H73/c1-3-5-7-9-11-13-15-17-19-21-23-25-27-29-31-33-35-36-34-32-30-28-26-24-22-20-18-16-14-12-10-8-6-4-2/h35H,3-34,36H2,1-2H3. The molecule has 0 aromatic rings. The molecule has 0 aliphatic rings. The third-order valence-corrected chi connectivity index (χ3v) is 8.27. The van der Waals surface area contributed by atoms with E-state index in [9.17, 15) is 0 Å². The van der Waals surface area contributed by atoms with E-state index in [1.54, 1.807) is 0 Å².